The van der Waals surface area contributed by atoms with Gasteiger partial charge in [-0.3, -0.25) is 4.98 Å². The molecule has 2 aromatic rings. The van der Waals surface area contributed by atoms with Crippen LogP contribution in [-0.2, 0) is 11.2 Å². The van der Waals surface area contributed by atoms with Crippen LogP contribution in [-0.4, -0.2) is 17.6 Å². The molecule has 0 amide bonds. The Morgan fingerprint density at radius 2 is 1.85 bits per heavy atom. The minimum Gasteiger partial charge on any atom is -0.462 e. The van der Waals surface area contributed by atoms with Crippen molar-refractivity contribution in [3.05, 3.63) is 65.5 Å². The highest BCUT2D eigenvalue weighted by Gasteiger charge is 2.10. The van der Waals surface area contributed by atoms with Crippen molar-refractivity contribution in [3.8, 4) is 0 Å². The summed E-state index contributed by atoms with van der Waals surface area (Å²) in [5.41, 5.74) is 1.11. The zero-order valence-electron chi connectivity index (χ0n) is 10.7. The molecule has 0 atom stereocenters. The third kappa shape index (κ3) is 3.85. The van der Waals surface area contributed by atoms with E-state index in [1.54, 1.807) is 12.4 Å². The second kappa shape index (κ2) is 6.75. The molecule has 1 heterocycles. The van der Waals surface area contributed by atoms with Crippen LogP contribution >= 0.6 is 0 Å². The van der Waals surface area contributed by atoms with Crippen molar-refractivity contribution < 1.29 is 18.3 Å². The first kappa shape index (κ1) is 14.1. The maximum atomic E-state index is 13.0. The van der Waals surface area contributed by atoms with E-state index < -0.39 is 17.6 Å². The van der Waals surface area contributed by atoms with Crippen molar-refractivity contribution in [2.75, 3.05) is 6.61 Å². The number of ether oxygens (including phenoxy) is 1. The predicted octanol–water partition coefficient (Wildman–Crippen LogP) is 3.15. The van der Waals surface area contributed by atoms with Gasteiger partial charge in [0.05, 0.1) is 12.2 Å². The van der Waals surface area contributed by atoms with Crippen LogP contribution in [0.3, 0.4) is 0 Å². The fourth-order valence-electron chi connectivity index (χ4n) is 1.70. The SMILES string of the molecule is O=C(OCCCc1ccncc1)c1ccc(F)c(F)c1. The number of esters is 1. The van der Waals surface area contributed by atoms with Gasteiger partial charge >= 0.3 is 5.97 Å². The standard InChI is InChI=1S/C15H13F2NO2/c16-13-4-3-12(10-14(13)17)15(19)20-9-1-2-11-5-7-18-8-6-11/h3-8,10H,1-2,9H2. The van der Waals surface area contributed by atoms with Crippen molar-refractivity contribution in [2.24, 2.45) is 0 Å². The molecular formula is C15H13F2NO2. The normalized spacial score (nSPS) is 10.3. The summed E-state index contributed by atoms with van der Waals surface area (Å²) in [6, 6.07) is 6.71. The third-order valence-electron chi connectivity index (χ3n) is 2.75. The Morgan fingerprint density at radius 3 is 2.55 bits per heavy atom. The molecule has 3 nitrogen and oxygen atoms in total. The van der Waals surface area contributed by atoms with E-state index in [1.165, 1.54) is 6.07 Å². The second-order valence-electron chi connectivity index (χ2n) is 4.22. The number of aryl methyl sites for hydroxylation is 1. The molecule has 0 radical (unpaired) electrons. The summed E-state index contributed by atoms with van der Waals surface area (Å²) >= 11 is 0. The van der Waals surface area contributed by atoms with Crippen molar-refractivity contribution in [3.63, 3.8) is 0 Å². The predicted molar refractivity (Wildman–Crippen MR) is 69.2 cm³/mol. The van der Waals surface area contributed by atoms with Crippen LogP contribution in [0.2, 0.25) is 0 Å². The molecule has 20 heavy (non-hydrogen) atoms. The van der Waals surface area contributed by atoms with E-state index in [1.807, 2.05) is 12.1 Å². The van der Waals surface area contributed by atoms with Gasteiger partial charge < -0.3 is 4.74 Å². The molecular weight excluding hydrogens is 264 g/mol. The summed E-state index contributed by atoms with van der Waals surface area (Å²) in [5, 5.41) is 0. The van der Waals surface area contributed by atoms with Crippen LogP contribution in [0.15, 0.2) is 42.7 Å². The van der Waals surface area contributed by atoms with Crippen LogP contribution in [0.1, 0.15) is 22.3 Å². The molecule has 0 aliphatic carbocycles. The Hall–Kier alpha value is -2.30. The minimum atomic E-state index is -1.06. The quantitative estimate of drug-likeness (QED) is 0.622. The molecule has 0 saturated carbocycles. The van der Waals surface area contributed by atoms with E-state index >= 15 is 0 Å². The van der Waals surface area contributed by atoms with Gasteiger partial charge in [-0.15, -0.1) is 0 Å². The third-order valence-corrected chi connectivity index (χ3v) is 2.75. The first-order valence-corrected chi connectivity index (χ1v) is 6.18. The summed E-state index contributed by atoms with van der Waals surface area (Å²) in [7, 11) is 0. The fourth-order valence-corrected chi connectivity index (χ4v) is 1.70. The number of aromatic nitrogens is 1. The number of rotatable bonds is 5. The van der Waals surface area contributed by atoms with Crippen LogP contribution in [0.25, 0.3) is 0 Å². The highest BCUT2D eigenvalue weighted by Crippen LogP contribution is 2.10. The van der Waals surface area contributed by atoms with E-state index in [0.29, 0.717) is 6.42 Å². The Morgan fingerprint density at radius 1 is 1.10 bits per heavy atom. The van der Waals surface area contributed by atoms with Crippen molar-refractivity contribution in [1.29, 1.82) is 0 Å². The Bertz CT molecular complexity index is 588. The molecule has 0 aliphatic rings. The molecule has 1 aromatic heterocycles. The first-order chi connectivity index (χ1) is 9.66. The number of pyridine rings is 1. The molecule has 0 bridgehead atoms. The highest BCUT2D eigenvalue weighted by molar-refractivity contribution is 5.89. The average molecular weight is 277 g/mol. The number of benzene rings is 1. The average Bonchev–Trinajstić information content (AvgIpc) is 2.47. The van der Waals surface area contributed by atoms with Gasteiger partial charge in [-0.2, -0.15) is 0 Å². The molecule has 0 spiro atoms. The molecule has 0 saturated heterocycles. The highest BCUT2D eigenvalue weighted by atomic mass is 19.2. The van der Waals surface area contributed by atoms with Gasteiger partial charge in [0.15, 0.2) is 11.6 Å². The molecule has 0 aliphatic heterocycles. The van der Waals surface area contributed by atoms with E-state index in [2.05, 4.69) is 4.98 Å². The number of carbonyl (C=O) groups excluding carboxylic acids is 1. The molecule has 0 unspecified atom stereocenters. The number of halogens is 2. The topological polar surface area (TPSA) is 39.2 Å². The van der Waals surface area contributed by atoms with Gasteiger partial charge in [0.25, 0.3) is 0 Å². The summed E-state index contributed by atoms with van der Waals surface area (Å²) in [6.07, 6.45) is 4.80. The summed E-state index contributed by atoms with van der Waals surface area (Å²) in [6.45, 7) is 0.222. The summed E-state index contributed by atoms with van der Waals surface area (Å²) < 4.78 is 30.7. The van der Waals surface area contributed by atoms with Crippen LogP contribution in [0.4, 0.5) is 8.78 Å². The number of hydrogen-bond acceptors (Lipinski definition) is 3. The lowest BCUT2D eigenvalue weighted by Crippen LogP contribution is -2.08. The van der Waals surface area contributed by atoms with Crippen molar-refractivity contribution in [2.45, 2.75) is 12.8 Å². The zero-order valence-corrected chi connectivity index (χ0v) is 10.7. The number of hydrogen-bond donors (Lipinski definition) is 0. The summed E-state index contributed by atoms with van der Waals surface area (Å²) in [4.78, 5) is 15.5. The fraction of sp³-hybridized carbons (Fsp3) is 0.200. The zero-order chi connectivity index (χ0) is 14.4. The van der Waals surface area contributed by atoms with Crippen molar-refractivity contribution >= 4 is 5.97 Å². The lowest BCUT2D eigenvalue weighted by molar-refractivity contribution is 0.0500. The molecule has 104 valence electrons. The van der Waals surface area contributed by atoms with Crippen molar-refractivity contribution in [1.82, 2.24) is 4.98 Å². The van der Waals surface area contributed by atoms with E-state index in [4.69, 9.17) is 4.74 Å². The lowest BCUT2D eigenvalue weighted by atomic mass is 10.1. The van der Waals surface area contributed by atoms with Gasteiger partial charge in [-0.25, -0.2) is 13.6 Å². The maximum Gasteiger partial charge on any atom is 0.338 e. The smallest absolute Gasteiger partial charge is 0.338 e. The Balaban J connectivity index is 1.79. The molecule has 1 aromatic carbocycles. The van der Waals surface area contributed by atoms with Gasteiger partial charge in [-0.1, -0.05) is 0 Å². The van der Waals surface area contributed by atoms with Crippen LogP contribution < -0.4 is 0 Å². The monoisotopic (exact) mass is 277 g/mol. The van der Waals surface area contributed by atoms with Gasteiger partial charge in [0.1, 0.15) is 0 Å². The molecule has 0 fully saturated rings. The Kier molecular flexibility index (Phi) is 4.76. The van der Waals surface area contributed by atoms with E-state index in [9.17, 15) is 13.6 Å². The van der Waals surface area contributed by atoms with E-state index in [-0.39, 0.29) is 12.2 Å². The molecule has 0 N–H and O–H groups in total. The largest absolute Gasteiger partial charge is 0.462 e. The van der Waals surface area contributed by atoms with Gasteiger partial charge in [-0.05, 0) is 48.7 Å². The maximum absolute atomic E-state index is 13.0. The summed E-state index contributed by atoms with van der Waals surface area (Å²) in [5.74, 6) is -2.70. The molecule has 5 heteroatoms. The van der Waals surface area contributed by atoms with Gasteiger partial charge in [0, 0.05) is 12.4 Å². The first-order valence-electron chi connectivity index (χ1n) is 6.18. The number of nitrogens with zero attached hydrogens (tertiary/aromatic N) is 1. The molecule has 2 rings (SSSR count). The minimum absolute atomic E-state index is 0.00723. The Labute approximate surface area is 115 Å². The van der Waals surface area contributed by atoms with Crippen LogP contribution in [0, 0.1) is 11.6 Å². The second-order valence-corrected chi connectivity index (χ2v) is 4.22. The van der Waals surface area contributed by atoms with E-state index in [0.717, 1.165) is 24.1 Å². The van der Waals surface area contributed by atoms with Crippen LogP contribution in [0.5, 0.6) is 0 Å². The lowest BCUT2D eigenvalue weighted by Gasteiger charge is -2.05. The van der Waals surface area contributed by atoms with Gasteiger partial charge in [0.2, 0.25) is 0 Å². The number of carbonyl (C=O) groups is 1.